The fraction of sp³-hybridized carbons (Fsp3) is 0.429. The van der Waals surface area contributed by atoms with Crippen LogP contribution in [0.25, 0.3) is 0 Å². The number of hydrogen-bond acceptors (Lipinski definition) is 3. The quantitative estimate of drug-likeness (QED) is 0.426. The molecule has 0 atom stereocenters. The minimum Gasteiger partial charge on any atom is -0.411 e. The van der Waals surface area contributed by atoms with E-state index in [-0.39, 0.29) is 5.97 Å². The van der Waals surface area contributed by atoms with Gasteiger partial charge >= 0.3 is 5.97 Å². The molecule has 2 nitrogen and oxygen atoms in total. The van der Waals surface area contributed by atoms with Crippen LogP contribution in [0.1, 0.15) is 20.3 Å². The van der Waals surface area contributed by atoms with Gasteiger partial charge in [-0.25, -0.2) is 4.79 Å². The van der Waals surface area contributed by atoms with Gasteiger partial charge in [-0.3, -0.25) is 0 Å². The monoisotopic (exact) mass is 156 g/mol. The van der Waals surface area contributed by atoms with Crippen LogP contribution in [0, 0.1) is 0 Å². The van der Waals surface area contributed by atoms with Crippen molar-refractivity contribution in [2.75, 3.05) is 0 Å². The van der Waals surface area contributed by atoms with Crippen LogP contribution in [0.15, 0.2) is 11.1 Å². The van der Waals surface area contributed by atoms with Crippen molar-refractivity contribution in [1.82, 2.24) is 0 Å². The van der Waals surface area contributed by atoms with Crippen molar-refractivity contribution in [3.8, 4) is 0 Å². The number of cyclic esters (lactones) is 1. The van der Waals surface area contributed by atoms with E-state index in [9.17, 15) is 4.79 Å². The molecule has 0 amide bonds. The summed E-state index contributed by atoms with van der Waals surface area (Å²) in [4.78, 5) is 10.9. The van der Waals surface area contributed by atoms with Crippen LogP contribution in [-0.2, 0) is 9.53 Å². The summed E-state index contributed by atoms with van der Waals surface area (Å²) in [5.41, 5.74) is 1.53. The predicted molar refractivity (Wildman–Crippen MR) is 41.7 cm³/mol. The van der Waals surface area contributed by atoms with E-state index in [4.69, 9.17) is 17.0 Å². The van der Waals surface area contributed by atoms with E-state index in [1.807, 2.05) is 13.8 Å². The molecule has 0 aromatic carbocycles. The Morgan fingerprint density at radius 1 is 1.60 bits per heavy atom. The maximum atomic E-state index is 10.9. The highest BCUT2D eigenvalue weighted by Gasteiger charge is 2.24. The molecule has 1 aliphatic rings. The molecule has 0 fully saturated rings. The topological polar surface area (TPSA) is 26.3 Å². The molecule has 0 aromatic heterocycles. The fourth-order valence-electron chi connectivity index (χ4n) is 0.908. The standard InChI is InChI=1S/C7H8O2S/c1-3-5-4(2)7(10)9-6(5)8/h3H2,1-2H3. The summed E-state index contributed by atoms with van der Waals surface area (Å²) in [6.07, 6.45) is 0.699. The Morgan fingerprint density at radius 3 is 2.40 bits per heavy atom. The molecule has 0 aromatic rings. The van der Waals surface area contributed by atoms with Gasteiger partial charge in [-0.05, 0) is 25.6 Å². The number of rotatable bonds is 1. The van der Waals surface area contributed by atoms with Crippen molar-refractivity contribution >= 4 is 23.2 Å². The van der Waals surface area contributed by atoms with Gasteiger partial charge in [-0.1, -0.05) is 6.92 Å². The maximum Gasteiger partial charge on any atom is 0.340 e. The largest absolute Gasteiger partial charge is 0.411 e. The molecule has 0 radical (unpaired) electrons. The van der Waals surface area contributed by atoms with Crippen LogP contribution >= 0.6 is 12.2 Å². The number of thiocarbonyl (C=S) groups is 1. The molecule has 0 spiro atoms. The Bertz CT molecular complexity index is 228. The van der Waals surface area contributed by atoms with Crippen molar-refractivity contribution < 1.29 is 9.53 Å². The molecular formula is C7H8O2S. The van der Waals surface area contributed by atoms with Gasteiger partial charge in [0.15, 0.2) is 5.05 Å². The lowest BCUT2D eigenvalue weighted by Gasteiger charge is -1.89. The molecule has 1 aliphatic heterocycles. The lowest BCUT2D eigenvalue weighted by atomic mass is 10.1. The van der Waals surface area contributed by atoms with Crippen molar-refractivity contribution in [3.05, 3.63) is 11.1 Å². The molecule has 0 aliphatic carbocycles. The van der Waals surface area contributed by atoms with E-state index >= 15 is 0 Å². The third-order valence-corrected chi connectivity index (χ3v) is 1.93. The summed E-state index contributed by atoms with van der Waals surface area (Å²) in [5, 5.41) is 0.335. The van der Waals surface area contributed by atoms with Gasteiger partial charge in [0.1, 0.15) is 0 Å². The minimum atomic E-state index is -0.273. The van der Waals surface area contributed by atoms with Crippen LogP contribution in [0.3, 0.4) is 0 Å². The molecule has 10 heavy (non-hydrogen) atoms. The summed E-state index contributed by atoms with van der Waals surface area (Å²) in [7, 11) is 0. The van der Waals surface area contributed by atoms with E-state index in [1.165, 1.54) is 0 Å². The van der Waals surface area contributed by atoms with Crippen LogP contribution < -0.4 is 0 Å². The summed E-state index contributed by atoms with van der Waals surface area (Å²) in [5.74, 6) is -0.273. The van der Waals surface area contributed by atoms with Gasteiger partial charge in [-0.2, -0.15) is 0 Å². The molecule has 0 bridgehead atoms. The molecular weight excluding hydrogens is 148 g/mol. The van der Waals surface area contributed by atoms with Gasteiger partial charge < -0.3 is 4.74 Å². The number of carbonyl (C=O) groups excluding carboxylic acids is 1. The second-order valence-corrected chi connectivity index (χ2v) is 2.50. The summed E-state index contributed by atoms with van der Waals surface area (Å²) in [6.45, 7) is 3.72. The number of esters is 1. The average Bonchev–Trinajstić information content (AvgIpc) is 2.09. The van der Waals surface area contributed by atoms with Crippen LogP contribution in [0.4, 0.5) is 0 Å². The first-order valence-corrected chi connectivity index (χ1v) is 3.54. The molecule has 0 unspecified atom stereocenters. The fourth-order valence-corrected chi connectivity index (χ4v) is 1.11. The SMILES string of the molecule is CCC1=C(C)C(=S)OC1=O. The minimum absolute atomic E-state index is 0.273. The molecule has 0 saturated heterocycles. The highest BCUT2D eigenvalue weighted by molar-refractivity contribution is 7.80. The first-order chi connectivity index (χ1) is 4.66. The molecule has 1 heterocycles. The third-order valence-electron chi connectivity index (χ3n) is 1.54. The average molecular weight is 156 g/mol. The first kappa shape index (κ1) is 7.41. The highest BCUT2D eigenvalue weighted by atomic mass is 32.1. The van der Waals surface area contributed by atoms with Gasteiger partial charge in [0.2, 0.25) is 0 Å². The lowest BCUT2D eigenvalue weighted by Crippen LogP contribution is -1.99. The predicted octanol–water partition coefficient (Wildman–Crippen LogP) is 1.60. The van der Waals surface area contributed by atoms with Gasteiger partial charge in [0.05, 0.1) is 0 Å². The Labute approximate surface area is 64.9 Å². The van der Waals surface area contributed by atoms with E-state index in [1.54, 1.807) is 0 Å². The van der Waals surface area contributed by atoms with Gasteiger partial charge in [0, 0.05) is 11.1 Å². The van der Waals surface area contributed by atoms with Crippen LogP contribution in [0.5, 0.6) is 0 Å². The first-order valence-electron chi connectivity index (χ1n) is 3.13. The lowest BCUT2D eigenvalue weighted by molar-refractivity contribution is -0.130. The zero-order valence-corrected chi connectivity index (χ0v) is 6.75. The smallest absolute Gasteiger partial charge is 0.340 e. The molecule has 3 heteroatoms. The van der Waals surface area contributed by atoms with Crippen molar-refractivity contribution in [1.29, 1.82) is 0 Å². The Kier molecular flexibility index (Phi) is 1.85. The molecule has 0 N–H and O–H groups in total. The number of carbonyl (C=O) groups is 1. The van der Waals surface area contributed by atoms with Gasteiger partial charge in [0.25, 0.3) is 0 Å². The Morgan fingerprint density at radius 2 is 2.20 bits per heavy atom. The Hall–Kier alpha value is -0.700. The summed E-state index contributed by atoms with van der Waals surface area (Å²) < 4.78 is 4.70. The second kappa shape index (κ2) is 2.50. The van der Waals surface area contributed by atoms with E-state index in [0.717, 1.165) is 5.57 Å². The van der Waals surface area contributed by atoms with E-state index in [2.05, 4.69) is 0 Å². The summed E-state index contributed by atoms with van der Waals surface area (Å²) in [6, 6.07) is 0. The molecule has 0 saturated carbocycles. The summed E-state index contributed by atoms with van der Waals surface area (Å²) >= 11 is 4.76. The normalized spacial score (nSPS) is 18.2. The third kappa shape index (κ3) is 0.968. The van der Waals surface area contributed by atoms with Gasteiger partial charge in [-0.15, -0.1) is 0 Å². The maximum absolute atomic E-state index is 10.9. The number of hydrogen-bond donors (Lipinski definition) is 0. The molecule has 54 valence electrons. The van der Waals surface area contributed by atoms with E-state index in [0.29, 0.717) is 17.0 Å². The van der Waals surface area contributed by atoms with Crippen molar-refractivity contribution in [2.24, 2.45) is 0 Å². The second-order valence-electron chi connectivity index (χ2n) is 2.13. The zero-order chi connectivity index (χ0) is 7.72. The highest BCUT2D eigenvalue weighted by Crippen LogP contribution is 2.20. The van der Waals surface area contributed by atoms with Crippen molar-refractivity contribution in [3.63, 3.8) is 0 Å². The zero-order valence-electron chi connectivity index (χ0n) is 5.93. The number of ether oxygens (including phenoxy) is 1. The Balaban J connectivity index is 3.01. The van der Waals surface area contributed by atoms with E-state index < -0.39 is 0 Å². The van der Waals surface area contributed by atoms with Crippen LogP contribution in [-0.4, -0.2) is 11.0 Å². The molecule has 1 rings (SSSR count). The van der Waals surface area contributed by atoms with Crippen LogP contribution in [0.2, 0.25) is 0 Å². The van der Waals surface area contributed by atoms with Crippen molar-refractivity contribution in [2.45, 2.75) is 20.3 Å².